The van der Waals surface area contributed by atoms with Crippen LogP contribution in [0.1, 0.15) is 24.2 Å². The molecule has 1 aromatic rings. The summed E-state index contributed by atoms with van der Waals surface area (Å²) in [7, 11) is 0. The SMILES string of the molecule is Cc1nn(CC(=O)N2CCC(O)CC2)c(C)c1[N+](=O)[O-]. The van der Waals surface area contributed by atoms with E-state index >= 15 is 0 Å². The summed E-state index contributed by atoms with van der Waals surface area (Å²) in [4.78, 5) is 24.2. The summed E-state index contributed by atoms with van der Waals surface area (Å²) in [6.45, 7) is 4.17. The summed E-state index contributed by atoms with van der Waals surface area (Å²) in [6.07, 6.45) is 0.806. The minimum Gasteiger partial charge on any atom is -0.393 e. The van der Waals surface area contributed by atoms with Crippen molar-refractivity contribution in [2.45, 2.75) is 39.3 Å². The van der Waals surface area contributed by atoms with E-state index in [9.17, 15) is 20.0 Å². The molecule has 0 atom stereocenters. The fourth-order valence-corrected chi connectivity index (χ4v) is 2.45. The molecule has 1 amide bonds. The quantitative estimate of drug-likeness (QED) is 0.638. The van der Waals surface area contributed by atoms with Gasteiger partial charge in [-0.2, -0.15) is 5.10 Å². The van der Waals surface area contributed by atoms with Gasteiger partial charge in [0.25, 0.3) is 0 Å². The number of amides is 1. The maximum Gasteiger partial charge on any atom is 0.312 e. The number of aliphatic hydroxyl groups is 1. The Balaban J connectivity index is 2.09. The first-order valence-corrected chi connectivity index (χ1v) is 6.54. The van der Waals surface area contributed by atoms with Crippen molar-refractivity contribution >= 4 is 11.6 Å². The predicted molar refractivity (Wildman–Crippen MR) is 70.2 cm³/mol. The molecule has 0 aromatic carbocycles. The third kappa shape index (κ3) is 2.79. The first-order valence-electron chi connectivity index (χ1n) is 6.54. The number of carbonyl (C=O) groups excluding carboxylic acids is 1. The zero-order valence-corrected chi connectivity index (χ0v) is 11.6. The van der Waals surface area contributed by atoms with E-state index in [2.05, 4.69) is 5.10 Å². The van der Waals surface area contributed by atoms with Gasteiger partial charge >= 0.3 is 5.69 Å². The van der Waals surface area contributed by atoms with Crippen LogP contribution < -0.4 is 0 Å². The zero-order valence-electron chi connectivity index (χ0n) is 11.6. The first-order chi connectivity index (χ1) is 9.40. The molecule has 2 heterocycles. The van der Waals surface area contributed by atoms with Crippen LogP contribution in [0.15, 0.2) is 0 Å². The molecule has 0 bridgehead atoms. The van der Waals surface area contributed by atoms with Crippen molar-refractivity contribution in [3.63, 3.8) is 0 Å². The normalized spacial score (nSPS) is 16.4. The number of carbonyl (C=O) groups is 1. The fraction of sp³-hybridized carbons (Fsp3) is 0.667. The lowest BCUT2D eigenvalue weighted by atomic mass is 10.1. The fourth-order valence-electron chi connectivity index (χ4n) is 2.45. The van der Waals surface area contributed by atoms with Crippen LogP contribution in [0.2, 0.25) is 0 Å². The lowest BCUT2D eigenvalue weighted by Crippen LogP contribution is -2.41. The van der Waals surface area contributed by atoms with E-state index in [1.807, 2.05) is 0 Å². The molecule has 0 aliphatic carbocycles. The van der Waals surface area contributed by atoms with Crippen molar-refractivity contribution in [3.8, 4) is 0 Å². The molecule has 8 heteroatoms. The molecular weight excluding hydrogens is 264 g/mol. The number of likely N-dealkylation sites (tertiary alicyclic amines) is 1. The number of aryl methyl sites for hydroxylation is 1. The number of aliphatic hydroxyl groups excluding tert-OH is 1. The summed E-state index contributed by atoms with van der Waals surface area (Å²) in [5.74, 6) is -0.127. The zero-order chi connectivity index (χ0) is 14.9. The molecule has 20 heavy (non-hydrogen) atoms. The second-order valence-corrected chi connectivity index (χ2v) is 5.05. The molecule has 0 unspecified atom stereocenters. The van der Waals surface area contributed by atoms with E-state index in [1.165, 1.54) is 4.68 Å². The van der Waals surface area contributed by atoms with Crippen molar-refractivity contribution < 1.29 is 14.8 Å². The maximum absolute atomic E-state index is 12.1. The van der Waals surface area contributed by atoms with Crippen LogP contribution in [-0.2, 0) is 11.3 Å². The van der Waals surface area contributed by atoms with Crippen LogP contribution >= 0.6 is 0 Å². The molecule has 0 radical (unpaired) electrons. The smallest absolute Gasteiger partial charge is 0.312 e. The van der Waals surface area contributed by atoms with Gasteiger partial charge < -0.3 is 10.0 Å². The van der Waals surface area contributed by atoms with Gasteiger partial charge in [-0.15, -0.1) is 0 Å². The summed E-state index contributed by atoms with van der Waals surface area (Å²) >= 11 is 0. The highest BCUT2D eigenvalue weighted by Gasteiger charge is 2.25. The van der Waals surface area contributed by atoms with Crippen LogP contribution in [0, 0.1) is 24.0 Å². The van der Waals surface area contributed by atoms with Gasteiger partial charge in [-0.1, -0.05) is 0 Å². The summed E-state index contributed by atoms with van der Waals surface area (Å²) in [6, 6.07) is 0. The Labute approximate surface area is 116 Å². The van der Waals surface area contributed by atoms with Gasteiger partial charge in [-0.05, 0) is 26.7 Å². The highest BCUT2D eigenvalue weighted by Crippen LogP contribution is 2.22. The number of aromatic nitrogens is 2. The maximum atomic E-state index is 12.1. The second-order valence-electron chi connectivity index (χ2n) is 5.05. The monoisotopic (exact) mass is 282 g/mol. The van der Waals surface area contributed by atoms with E-state index in [1.54, 1.807) is 18.7 Å². The molecule has 8 nitrogen and oxygen atoms in total. The van der Waals surface area contributed by atoms with Gasteiger partial charge in [0.05, 0.1) is 11.0 Å². The number of nitro groups is 1. The molecule has 1 saturated heterocycles. The third-order valence-electron chi connectivity index (χ3n) is 3.63. The van der Waals surface area contributed by atoms with E-state index in [-0.39, 0.29) is 24.2 Å². The molecule has 2 rings (SSSR count). The van der Waals surface area contributed by atoms with Gasteiger partial charge in [0, 0.05) is 13.1 Å². The number of piperidine rings is 1. The van der Waals surface area contributed by atoms with Crippen molar-refractivity contribution in [2.24, 2.45) is 0 Å². The molecule has 1 aliphatic rings. The second kappa shape index (κ2) is 5.58. The van der Waals surface area contributed by atoms with Crippen molar-refractivity contribution in [1.29, 1.82) is 0 Å². The summed E-state index contributed by atoms with van der Waals surface area (Å²) in [5.41, 5.74) is 0.666. The number of nitrogens with zero attached hydrogens (tertiary/aromatic N) is 4. The number of hydrogen-bond acceptors (Lipinski definition) is 5. The van der Waals surface area contributed by atoms with E-state index in [4.69, 9.17) is 0 Å². The Morgan fingerprint density at radius 3 is 2.55 bits per heavy atom. The topological polar surface area (TPSA) is 102 Å². The van der Waals surface area contributed by atoms with E-state index < -0.39 is 4.92 Å². The molecule has 1 aliphatic heterocycles. The minimum atomic E-state index is -0.476. The Hall–Kier alpha value is -1.96. The number of hydrogen-bond donors (Lipinski definition) is 1. The van der Waals surface area contributed by atoms with Gasteiger partial charge in [0.1, 0.15) is 17.9 Å². The van der Waals surface area contributed by atoms with Crippen molar-refractivity contribution in [1.82, 2.24) is 14.7 Å². The number of rotatable bonds is 3. The molecule has 0 spiro atoms. The van der Waals surface area contributed by atoms with Gasteiger partial charge in [-0.3, -0.25) is 19.6 Å². The molecule has 1 aromatic heterocycles. The Bertz CT molecular complexity index is 532. The predicted octanol–water partition coefficient (Wildman–Crippen LogP) is 0.391. The van der Waals surface area contributed by atoms with Crippen LogP contribution in [-0.4, -0.2) is 49.8 Å². The van der Waals surface area contributed by atoms with Crippen LogP contribution in [0.5, 0.6) is 0 Å². The summed E-state index contributed by atoms with van der Waals surface area (Å²) < 4.78 is 1.38. The van der Waals surface area contributed by atoms with Crippen LogP contribution in [0.4, 0.5) is 5.69 Å². The van der Waals surface area contributed by atoms with Gasteiger partial charge in [-0.25, -0.2) is 0 Å². The Morgan fingerprint density at radius 2 is 2.05 bits per heavy atom. The average Bonchev–Trinajstić information content (AvgIpc) is 2.65. The van der Waals surface area contributed by atoms with Crippen LogP contribution in [0.3, 0.4) is 0 Å². The molecular formula is C12H18N4O4. The lowest BCUT2D eigenvalue weighted by molar-refractivity contribution is -0.386. The first kappa shape index (κ1) is 14.4. The largest absolute Gasteiger partial charge is 0.393 e. The Morgan fingerprint density at radius 1 is 1.45 bits per heavy atom. The third-order valence-corrected chi connectivity index (χ3v) is 3.63. The average molecular weight is 282 g/mol. The van der Waals surface area contributed by atoms with Crippen molar-refractivity contribution in [3.05, 3.63) is 21.5 Å². The Kier molecular flexibility index (Phi) is 4.03. The van der Waals surface area contributed by atoms with Crippen molar-refractivity contribution in [2.75, 3.05) is 13.1 Å². The van der Waals surface area contributed by atoms with Gasteiger partial charge in [0.15, 0.2) is 0 Å². The van der Waals surface area contributed by atoms with Gasteiger partial charge in [0.2, 0.25) is 5.91 Å². The highest BCUT2D eigenvalue weighted by molar-refractivity contribution is 5.76. The van der Waals surface area contributed by atoms with E-state index in [0.717, 1.165) is 0 Å². The molecule has 1 fully saturated rings. The van der Waals surface area contributed by atoms with E-state index in [0.29, 0.717) is 37.3 Å². The lowest BCUT2D eigenvalue weighted by Gasteiger charge is -2.29. The van der Waals surface area contributed by atoms with Crippen LogP contribution in [0.25, 0.3) is 0 Å². The minimum absolute atomic E-state index is 0.00336. The molecule has 1 N–H and O–H groups in total. The standard InChI is InChI=1S/C12H18N4O4/c1-8-12(16(19)20)9(2)15(13-8)7-11(18)14-5-3-10(17)4-6-14/h10,17H,3-7H2,1-2H3. The summed E-state index contributed by atoms with van der Waals surface area (Å²) in [5, 5.41) is 24.4. The highest BCUT2D eigenvalue weighted by atomic mass is 16.6. The molecule has 0 saturated carbocycles. The molecule has 110 valence electrons.